The standard InChI is InChI=1S/C20H20N4O2S/c1-13-10-18-21-22-20(24(18)17-7-5-4-6-16(13)17)27-12-19(25)23(3)11-15-9-8-14(2)26-15/h4-10H,11-12H2,1-3H3. The number of para-hydroxylation sites is 1. The van der Waals surface area contributed by atoms with Gasteiger partial charge in [0.25, 0.3) is 0 Å². The number of pyridine rings is 1. The summed E-state index contributed by atoms with van der Waals surface area (Å²) >= 11 is 1.40. The van der Waals surface area contributed by atoms with Gasteiger partial charge in [0.15, 0.2) is 10.8 Å². The number of aryl methyl sites for hydroxylation is 2. The zero-order valence-electron chi connectivity index (χ0n) is 15.5. The normalized spacial score (nSPS) is 11.4. The van der Waals surface area contributed by atoms with E-state index in [1.807, 2.05) is 41.7 Å². The van der Waals surface area contributed by atoms with Gasteiger partial charge in [-0.2, -0.15) is 0 Å². The number of furan rings is 1. The van der Waals surface area contributed by atoms with Gasteiger partial charge in [0.2, 0.25) is 5.91 Å². The minimum atomic E-state index is 0.0159. The summed E-state index contributed by atoms with van der Waals surface area (Å²) in [5.74, 6) is 1.93. The van der Waals surface area contributed by atoms with Crippen molar-refractivity contribution in [3.63, 3.8) is 0 Å². The highest BCUT2D eigenvalue weighted by Crippen LogP contribution is 2.25. The molecular weight excluding hydrogens is 360 g/mol. The Bertz CT molecular complexity index is 1130. The molecule has 138 valence electrons. The molecule has 0 unspecified atom stereocenters. The summed E-state index contributed by atoms with van der Waals surface area (Å²) in [6.45, 7) is 4.41. The average molecular weight is 380 g/mol. The molecular formula is C20H20N4O2S. The summed E-state index contributed by atoms with van der Waals surface area (Å²) in [4.78, 5) is 14.2. The van der Waals surface area contributed by atoms with Crippen LogP contribution in [0, 0.1) is 13.8 Å². The number of rotatable bonds is 5. The Morgan fingerprint density at radius 1 is 1.19 bits per heavy atom. The summed E-state index contributed by atoms with van der Waals surface area (Å²) in [7, 11) is 1.78. The van der Waals surface area contributed by atoms with E-state index >= 15 is 0 Å². The van der Waals surface area contributed by atoms with Crippen molar-refractivity contribution in [1.29, 1.82) is 0 Å². The molecule has 27 heavy (non-hydrogen) atoms. The molecule has 0 spiro atoms. The maximum absolute atomic E-state index is 12.5. The van der Waals surface area contributed by atoms with Gasteiger partial charge in [-0.25, -0.2) is 0 Å². The fourth-order valence-corrected chi connectivity index (χ4v) is 3.99. The van der Waals surface area contributed by atoms with Gasteiger partial charge in [-0.15, -0.1) is 10.2 Å². The van der Waals surface area contributed by atoms with Crippen molar-refractivity contribution in [3.8, 4) is 0 Å². The SMILES string of the molecule is Cc1ccc(CN(C)C(=O)CSc2nnc3cc(C)c4ccccc4n23)o1. The predicted octanol–water partition coefficient (Wildman–Crippen LogP) is 3.84. The number of carbonyl (C=O) groups excluding carboxylic acids is 1. The first-order chi connectivity index (χ1) is 13.0. The predicted molar refractivity (Wildman–Crippen MR) is 106 cm³/mol. The quantitative estimate of drug-likeness (QED) is 0.492. The lowest BCUT2D eigenvalue weighted by molar-refractivity contribution is -0.127. The van der Waals surface area contributed by atoms with Crippen molar-refractivity contribution in [2.24, 2.45) is 0 Å². The van der Waals surface area contributed by atoms with Gasteiger partial charge in [0, 0.05) is 12.4 Å². The molecule has 4 rings (SSSR count). The third-order valence-corrected chi connectivity index (χ3v) is 5.43. The summed E-state index contributed by atoms with van der Waals surface area (Å²) in [6, 6.07) is 14.0. The molecule has 6 nitrogen and oxygen atoms in total. The van der Waals surface area contributed by atoms with Crippen LogP contribution in [0.1, 0.15) is 17.1 Å². The molecule has 4 aromatic rings. The van der Waals surface area contributed by atoms with Crippen molar-refractivity contribution < 1.29 is 9.21 Å². The molecule has 0 aliphatic heterocycles. The van der Waals surface area contributed by atoms with Crippen LogP contribution in [0.25, 0.3) is 16.6 Å². The first-order valence-corrected chi connectivity index (χ1v) is 9.67. The Hall–Kier alpha value is -2.80. The van der Waals surface area contributed by atoms with Gasteiger partial charge < -0.3 is 9.32 Å². The molecule has 0 aliphatic carbocycles. The van der Waals surface area contributed by atoms with Crippen LogP contribution in [0.5, 0.6) is 0 Å². The highest BCUT2D eigenvalue weighted by Gasteiger charge is 2.16. The van der Waals surface area contributed by atoms with Gasteiger partial charge in [-0.05, 0) is 43.7 Å². The second-order valence-corrected chi connectivity index (χ2v) is 7.51. The summed E-state index contributed by atoms with van der Waals surface area (Å²) in [6.07, 6.45) is 0. The second-order valence-electron chi connectivity index (χ2n) is 6.57. The molecule has 7 heteroatoms. The van der Waals surface area contributed by atoms with E-state index in [1.165, 1.54) is 11.8 Å². The summed E-state index contributed by atoms with van der Waals surface area (Å²) in [5.41, 5.74) is 3.00. The third-order valence-electron chi connectivity index (χ3n) is 4.51. The van der Waals surface area contributed by atoms with E-state index in [2.05, 4.69) is 29.3 Å². The number of aromatic nitrogens is 3. The average Bonchev–Trinajstić information content (AvgIpc) is 3.25. The molecule has 0 radical (unpaired) electrons. The van der Waals surface area contributed by atoms with E-state index < -0.39 is 0 Å². The lowest BCUT2D eigenvalue weighted by atomic mass is 10.1. The Balaban J connectivity index is 1.53. The van der Waals surface area contributed by atoms with Crippen molar-refractivity contribution >= 4 is 34.2 Å². The van der Waals surface area contributed by atoms with Crippen molar-refractivity contribution in [1.82, 2.24) is 19.5 Å². The Morgan fingerprint density at radius 3 is 2.78 bits per heavy atom. The molecule has 0 N–H and O–H groups in total. The first-order valence-electron chi connectivity index (χ1n) is 8.68. The van der Waals surface area contributed by atoms with Crippen molar-refractivity contribution in [2.45, 2.75) is 25.5 Å². The number of fused-ring (bicyclic) bond motifs is 3. The first kappa shape index (κ1) is 17.6. The van der Waals surface area contributed by atoms with E-state index in [9.17, 15) is 4.79 Å². The maximum Gasteiger partial charge on any atom is 0.233 e. The highest BCUT2D eigenvalue weighted by atomic mass is 32.2. The second kappa shape index (κ2) is 7.08. The van der Waals surface area contributed by atoms with Crippen LogP contribution >= 0.6 is 11.8 Å². The molecule has 0 aliphatic rings. The zero-order valence-corrected chi connectivity index (χ0v) is 16.3. The van der Waals surface area contributed by atoms with Crippen LogP contribution in [-0.4, -0.2) is 38.2 Å². The minimum Gasteiger partial charge on any atom is -0.464 e. The number of amides is 1. The minimum absolute atomic E-state index is 0.0159. The summed E-state index contributed by atoms with van der Waals surface area (Å²) < 4.78 is 7.55. The molecule has 0 fully saturated rings. The Morgan fingerprint density at radius 2 is 2.00 bits per heavy atom. The number of hydrogen-bond acceptors (Lipinski definition) is 5. The number of benzene rings is 1. The lowest BCUT2D eigenvalue weighted by Crippen LogP contribution is -2.27. The van der Waals surface area contributed by atoms with Crippen LogP contribution in [0.2, 0.25) is 0 Å². The van der Waals surface area contributed by atoms with Crippen molar-refractivity contribution in [3.05, 3.63) is 59.5 Å². The number of thioether (sulfide) groups is 1. The largest absolute Gasteiger partial charge is 0.464 e. The van der Waals surface area contributed by atoms with E-state index in [4.69, 9.17) is 4.42 Å². The fourth-order valence-electron chi connectivity index (χ4n) is 3.10. The fraction of sp³-hybridized carbons (Fsp3) is 0.250. The molecule has 0 saturated carbocycles. The number of nitrogens with zero attached hydrogens (tertiary/aromatic N) is 4. The molecule has 1 aromatic carbocycles. The molecule has 3 heterocycles. The van der Waals surface area contributed by atoms with Crippen LogP contribution in [-0.2, 0) is 11.3 Å². The van der Waals surface area contributed by atoms with Gasteiger partial charge in [0.05, 0.1) is 17.8 Å². The van der Waals surface area contributed by atoms with Crippen LogP contribution in [0.3, 0.4) is 0 Å². The Labute approximate surface area is 161 Å². The van der Waals surface area contributed by atoms with Crippen LogP contribution in [0.4, 0.5) is 0 Å². The van der Waals surface area contributed by atoms with E-state index in [0.29, 0.717) is 12.3 Å². The van der Waals surface area contributed by atoms with Crippen molar-refractivity contribution in [2.75, 3.05) is 12.8 Å². The third kappa shape index (κ3) is 3.42. The van der Waals surface area contributed by atoms with Gasteiger partial charge in [0.1, 0.15) is 11.5 Å². The molecule has 0 bridgehead atoms. The Kier molecular flexibility index (Phi) is 4.61. The van der Waals surface area contributed by atoms with E-state index in [1.54, 1.807) is 11.9 Å². The topological polar surface area (TPSA) is 63.6 Å². The highest BCUT2D eigenvalue weighted by molar-refractivity contribution is 7.99. The zero-order chi connectivity index (χ0) is 19.0. The van der Waals surface area contributed by atoms with Gasteiger partial charge in [-0.1, -0.05) is 30.0 Å². The molecule has 0 atom stereocenters. The molecule has 1 amide bonds. The lowest BCUT2D eigenvalue weighted by Gasteiger charge is -2.15. The molecule has 3 aromatic heterocycles. The maximum atomic E-state index is 12.5. The number of hydrogen-bond donors (Lipinski definition) is 0. The summed E-state index contributed by atoms with van der Waals surface area (Å²) in [5, 5.41) is 10.4. The van der Waals surface area contributed by atoms with Gasteiger partial charge >= 0.3 is 0 Å². The molecule has 0 saturated heterocycles. The van der Waals surface area contributed by atoms with E-state index in [-0.39, 0.29) is 5.91 Å². The number of carbonyl (C=O) groups is 1. The van der Waals surface area contributed by atoms with Crippen LogP contribution < -0.4 is 0 Å². The van der Waals surface area contributed by atoms with Gasteiger partial charge in [-0.3, -0.25) is 9.20 Å². The monoisotopic (exact) mass is 380 g/mol. The van der Waals surface area contributed by atoms with Crippen LogP contribution in [0.15, 0.2) is 52.0 Å². The van der Waals surface area contributed by atoms with E-state index in [0.717, 1.165) is 38.8 Å². The smallest absolute Gasteiger partial charge is 0.233 e.